The van der Waals surface area contributed by atoms with Gasteiger partial charge in [0, 0.05) is 0 Å². The fourth-order valence-electron chi connectivity index (χ4n) is 1.82. The summed E-state index contributed by atoms with van der Waals surface area (Å²) in [6.45, 7) is 4.32. The number of aromatic amines is 1. The number of fused-ring (bicyclic) bond motifs is 1. The number of hydrogen-bond acceptors (Lipinski definition) is 5. The first kappa shape index (κ1) is 11.8. The van der Waals surface area contributed by atoms with Crippen molar-refractivity contribution in [2.75, 3.05) is 11.9 Å². The minimum atomic E-state index is -0.00333. The van der Waals surface area contributed by atoms with E-state index in [2.05, 4.69) is 39.1 Å². The Morgan fingerprint density at radius 2 is 2.18 bits per heavy atom. The van der Waals surface area contributed by atoms with Crippen molar-refractivity contribution >= 4 is 17.0 Å². The van der Waals surface area contributed by atoms with Crippen molar-refractivity contribution in [2.45, 2.75) is 26.3 Å². The van der Waals surface area contributed by atoms with Crippen LogP contribution in [0.2, 0.25) is 0 Å². The summed E-state index contributed by atoms with van der Waals surface area (Å²) in [7, 11) is 0. The maximum Gasteiger partial charge on any atom is 0.182 e. The van der Waals surface area contributed by atoms with Gasteiger partial charge in [-0.1, -0.05) is 13.8 Å². The first-order chi connectivity index (χ1) is 8.20. The average Bonchev–Trinajstić information content (AvgIpc) is 2.76. The summed E-state index contributed by atoms with van der Waals surface area (Å²) >= 11 is 0. The van der Waals surface area contributed by atoms with Crippen LogP contribution >= 0.6 is 0 Å². The zero-order valence-corrected chi connectivity index (χ0v) is 10.0. The minimum Gasteiger partial charge on any atom is -0.394 e. The molecule has 6 heteroatoms. The molecular weight excluding hydrogens is 218 g/mol. The molecule has 6 nitrogen and oxygen atoms in total. The quantitative estimate of drug-likeness (QED) is 0.724. The lowest BCUT2D eigenvalue weighted by molar-refractivity contribution is 0.259. The number of H-pyrrole nitrogens is 1. The lowest BCUT2D eigenvalue weighted by Crippen LogP contribution is -2.26. The van der Waals surface area contributed by atoms with Crippen LogP contribution in [0.15, 0.2) is 12.7 Å². The van der Waals surface area contributed by atoms with Crippen LogP contribution in [0, 0.1) is 5.92 Å². The molecule has 0 unspecified atom stereocenters. The first-order valence-electron chi connectivity index (χ1n) is 5.72. The van der Waals surface area contributed by atoms with Gasteiger partial charge in [0.05, 0.1) is 19.0 Å². The van der Waals surface area contributed by atoms with E-state index >= 15 is 0 Å². The van der Waals surface area contributed by atoms with Crippen molar-refractivity contribution in [3.63, 3.8) is 0 Å². The molecule has 0 fully saturated rings. The van der Waals surface area contributed by atoms with Gasteiger partial charge in [-0.25, -0.2) is 15.0 Å². The summed E-state index contributed by atoms with van der Waals surface area (Å²) in [6, 6.07) is -0.00333. The Morgan fingerprint density at radius 1 is 1.35 bits per heavy atom. The highest BCUT2D eigenvalue weighted by atomic mass is 16.3. The topological polar surface area (TPSA) is 86.7 Å². The van der Waals surface area contributed by atoms with E-state index in [0.29, 0.717) is 17.4 Å². The summed E-state index contributed by atoms with van der Waals surface area (Å²) < 4.78 is 0. The van der Waals surface area contributed by atoms with E-state index in [0.717, 1.165) is 11.9 Å². The van der Waals surface area contributed by atoms with Crippen LogP contribution in [-0.4, -0.2) is 37.7 Å². The summed E-state index contributed by atoms with van der Waals surface area (Å²) in [5.41, 5.74) is 1.40. The van der Waals surface area contributed by atoms with E-state index in [4.69, 9.17) is 0 Å². The van der Waals surface area contributed by atoms with Gasteiger partial charge in [-0.3, -0.25) is 0 Å². The van der Waals surface area contributed by atoms with Crippen LogP contribution < -0.4 is 5.32 Å². The number of aliphatic hydroxyl groups excluding tert-OH is 1. The van der Waals surface area contributed by atoms with Gasteiger partial charge in [-0.05, 0) is 12.3 Å². The molecule has 0 bridgehead atoms. The Hall–Kier alpha value is -1.69. The van der Waals surface area contributed by atoms with Crippen LogP contribution in [0.25, 0.3) is 11.2 Å². The Kier molecular flexibility index (Phi) is 3.53. The predicted molar refractivity (Wildman–Crippen MR) is 65.6 cm³/mol. The molecule has 0 saturated heterocycles. The summed E-state index contributed by atoms with van der Waals surface area (Å²) in [5.74, 6) is 1.20. The number of anilines is 1. The van der Waals surface area contributed by atoms with Gasteiger partial charge in [-0.2, -0.15) is 0 Å². The molecule has 3 N–H and O–H groups in total. The van der Waals surface area contributed by atoms with Crippen LogP contribution in [0.3, 0.4) is 0 Å². The number of imidazole rings is 1. The van der Waals surface area contributed by atoms with E-state index < -0.39 is 0 Å². The molecule has 0 aromatic carbocycles. The van der Waals surface area contributed by atoms with E-state index in [1.54, 1.807) is 6.33 Å². The molecule has 2 rings (SSSR count). The average molecular weight is 235 g/mol. The van der Waals surface area contributed by atoms with E-state index in [-0.39, 0.29) is 12.6 Å². The van der Waals surface area contributed by atoms with Gasteiger partial charge in [0.25, 0.3) is 0 Å². The zero-order valence-electron chi connectivity index (χ0n) is 10.0. The normalized spacial score (nSPS) is 13.2. The molecular formula is C11H17N5O. The van der Waals surface area contributed by atoms with Crippen LogP contribution in [0.1, 0.15) is 20.3 Å². The molecule has 2 heterocycles. The van der Waals surface area contributed by atoms with E-state index in [1.807, 2.05) is 0 Å². The zero-order chi connectivity index (χ0) is 12.3. The van der Waals surface area contributed by atoms with E-state index in [1.165, 1.54) is 6.33 Å². The predicted octanol–water partition coefficient (Wildman–Crippen LogP) is 1.17. The molecule has 0 aliphatic heterocycles. The molecule has 0 saturated carbocycles. The monoisotopic (exact) mass is 235 g/mol. The highest BCUT2D eigenvalue weighted by Crippen LogP contribution is 2.17. The molecule has 0 radical (unpaired) electrons. The second-order valence-corrected chi connectivity index (χ2v) is 4.48. The molecule has 17 heavy (non-hydrogen) atoms. The van der Waals surface area contributed by atoms with Gasteiger partial charge in [0.2, 0.25) is 0 Å². The van der Waals surface area contributed by atoms with Crippen molar-refractivity contribution in [2.24, 2.45) is 5.92 Å². The lowest BCUT2D eigenvalue weighted by atomic mass is 10.0. The van der Waals surface area contributed by atoms with Gasteiger partial charge in [-0.15, -0.1) is 0 Å². The lowest BCUT2D eigenvalue weighted by Gasteiger charge is -2.18. The SMILES string of the molecule is CC(C)C[C@@H](CO)Nc1ncnc2nc[nH]c12. The molecule has 0 aliphatic carbocycles. The molecule has 0 aliphatic rings. The molecule has 2 aromatic rings. The summed E-state index contributed by atoms with van der Waals surface area (Å²) in [4.78, 5) is 15.3. The Balaban J connectivity index is 2.19. The fraction of sp³-hybridized carbons (Fsp3) is 0.545. The molecule has 0 amide bonds. The minimum absolute atomic E-state index is 0.00333. The molecule has 92 valence electrons. The standard InChI is InChI=1S/C11H17N5O/c1-7(2)3-8(4-17)16-11-9-10(13-5-12-9)14-6-15-11/h5-8,17H,3-4H2,1-2H3,(H2,12,13,14,15,16)/t8-/m0/s1. The maximum atomic E-state index is 9.33. The number of hydrogen-bond donors (Lipinski definition) is 3. The van der Waals surface area contributed by atoms with Crippen LogP contribution in [0.4, 0.5) is 5.82 Å². The van der Waals surface area contributed by atoms with Crippen molar-refractivity contribution in [3.05, 3.63) is 12.7 Å². The number of nitrogens with one attached hydrogen (secondary N) is 2. The highest BCUT2D eigenvalue weighted by molar-refractivity contribution is 5.82. The van der Waals surface area contributed by atoms with Gasteiger partial charge >= 0.3 is 0 Å². The van der Waals surface area contributed by atoms with E-state index in [9.17, 15) is 5.11 Å². The number of nitrogens with zero attached hydrogens (tertiary/aromatic N) is 3. The Morgan fingerprint density at radius 3 is 2.88 bits per heavy atom. The van der Waals surface area contributed by atoms with Crippen molar-refractivity contribution in [3.8, 4) is 0 Å². The van der Waals surface area contributed by atoms with Gasteiger partial charge in [0.15, 0.2) is 11.5 Å². The third kappa shape index (κ3) is 2.71. The van der Waals surface area contributed by atoms with Gasteiger partial charge in [0.1, 0.15) is 11.8 Å². The number of aromatic nitrogens is 4. The fourth-order valence-corrected chi connectivity index (χ4v) is 1.82. The van der Waals surface area contributed by atoms with Crippen molar-refractivity contribution in [1.29, 1.82) is 0 Å². The van der Waals surface area contributed by atoms with Gasteiger partial charge < -0.3 is 15.4 Å². The second-order valence-electron chi connectivity index (χ2n) is 4.48. The molecule has 2 aromatic heterocycles. The summed E-state index contributed by atoms with van der Waals surface area (Å²) in [5, 5.41) is 12.5. The molecule has 1 atom stereocenters. The Labute approximate surface area is 99.5 Å². The van der Waals surface area contributed by atoms with Crippen molar-refractivity contribution < 1.29 is 5.11 Å². The first-order valence-corrected chi connectivity index (χ1v) is 5.72. The smallest absolute Gasteiger partial charge is 0.182 e. The Bertz CT molecular complexity index is 481. The maximum absolute atomic E-state index is 9.33. The largest absolute Gasteiger partial charge is 0.394 e. The van der Waals surface area contributed by atoms with Crippen LogP contribution in [0.5, 0.6) is 0 Å². The third-order valence-corrected chi connectivity index (χ3v) is 2.54. The second kappa shape index (κ2) is 5.09. The van der Waals surface area contributed by atoms with Crippen molar-refractivity contribution in [1.82, 2.24) is 19.9 Å². The highest BCUT2D eigenvalue weighted by Gasteiger charge is 2.13. The number of rotatable bonds is 5. The molecule has 0 spiro atoms. The third-order valence-electron chi connectivity index (χ3n) is 2.54. The number of aliphatic hydroxyl groups is 1. The summed E-state index contributed by atoms with van der Waals surface area (Å²) in [6.07, 6.45) is 3.94. The van der Waals surface area contributed by atoms with Crippen LogP contribution in [-0.2, 0) is 0 Å².